The number of rotatable bonds is 13. The lowest BCUT2D eigenvalue weighted by molar-refractivity contribution is 0.246. The van der Waals surface area contributed by atoms with Crippen LogP contribution >= 0.6 is 0 Å². The summed E-state index contributed by atoms with van der Waals surface area (Å²) in [6.45, 7) is 10.5. The Morgan fingerprint density at radius 3 is 2.24 bits per heavy atom. The van der Waals surface area contributed by atoms with Gasteiger partial charge in [-0.15, -0.1) is 0 Å². The number of unbranched alkanes of at least 4 members (excludes halogenated alkanes) is 2. The van der Waals surface area contributed by atoms with Crippen molar-refractivity contribution in [1.82, 2.24) is 14.5 Å². The fraction of sp³-hybridized carbons (Fsp3) is 0.364. The van der Waals surface area contributed by atoms with Crippen molar-refractivity contribution in [3.63, 3.8) is 0 Å². The van der Waals surface area contributed by atoms with Gasteiger partial charge in [0, 0.05) is 30.8 Å². The minimum Gasteiger partial charge on any atom is -0.497 e. The van der Waals surface area contributed by atoms with Crippen molar-refractivity contribution in [2.45, 2.75) is 66.1 Å². The van der Waals surface area contributed by atoms with E-state index in [2.05, 4.69) is 97.0 Å². The van der Waals surface area contributed by atoms with E-state index in [1.54, 1.807) is 7.11 Å². The predicted molar refractivity (Wildman–Crippen MR) is 155 cm³/mol. The molecule has 0 aliphatic heterocycles. The fourth-order valence-electron chi connectivity index (χ4n) is 4.87. The third-order valence-electron chi connectivity index (χ3n) is 6.89. The molecule has 0 amide bonds. The van der Waals surface area contributed by atoms with Gasteiger partial charge in [-0.1, -0.05) is 86.8 Å². The molecule has 1 aromatic heterocycles. The van der Waals surface area contributed by atoms with Crippen LogP contribution in [-0.2, 0) is 19.6 Å². The molecule has 4 aromatic rings. The summed E-state index contributed by atoms with van der Waals surface area (Å²) in [6.07, 6.45) is 4.63. The summed E-state index contributed by atoms with van der Waals surface area (Å²) < 4.78 is 7.92. The van der Waals surface area contributed by atoms with Crippen LogP contribution in [0.25, 0.3) is 22.6 Å². The van der Waals surface area contributed by atoms with Crippen molar-refractivity contribution in [1.29, 1.82) is 0 Å². The van der Waals surface area contributed by atoms with Crippen LogP contribution in [0.2, 0.25) is 0 Å². The van der Waals surface area contributed by atoms with E-state index in [1.165, 1.54) is 35.2 Å². The van der Waals surface area contributed by atoms with E-state index < -0.39 is 0 Å². The monoisotopic (exact) mass is 495 g/mol. The van der Waals surface area contributed by atoms with E-state index in [1.807, 2.05) is 12.1 Å². The summed E-state index contributed by atoms with van der Waals surface area (Å²) in [5, 5.41) is 0. The Morgan fingerprint density at radius 2 is 1.57 bits per heavy atom. The molecule has 0 atom stereocenters. The topological polar surface area (TPSA) is 30.3 Å². The summed E-state index contributed by atoms with van der Waals surface area (Å²) >= 11 is 0. The van der Waals surface area contributed by atoms with Crippen LogP contribution < -0.4 is 4.74 Å². The molecule has 0 radical (unpaired) electrons. The van der Waals surface area contributed by atoms with Gasteiger partial charge in [0.15, 0.2) is 0 Å². The number of ether oxygens (including phenoxy) is 1. The normalized spacial score (nSPS) is 11.3. The van der Waals surface area contributed by atoms with Crippen LogP contribution in [0.3, 0.4) is 0 Å². The van der Waals surface area contributed by atoms with Crippen molar-refractivity contribution in [3.8, 4) is 28.4 Å². The van der Waals surface area contributed by atoms with Crippen LogP contribution in [0.1, 0.15) is 56.4 Å². The number of imidazole rings is 1. The molecule has 0 unspecified atom stereocenters. The summed E-state index contributed by atoms with van der Waals surface area (Å²) in [6, 6.07) is 27.9. The Kier molecular flexibility index (Phi) is 9.56. The van der Waals surface area contributed by atoms with Crippen LogP contribution in [-0.4, -0.2) is 28.1 Å². The molecule has 0 saturated heterocycles. The average Bonchev–Trinajstić information content (AvgIpc) is 3.28. The lowest BCUT2D eigenvalue weighted by atomic mass is 10.1. The number of nitrogens with zero attached hydrogens (tertiary/aromatic N) is 3. The highest BCUT2D eigenvalue weighted by atomic mass is 16.5. The summed E-state index contributed by atoms with van der Waals surface area (Å²) in [5.41, 5.74) is 7.34. The number of methoxy groups -OCH3 is 1. The quantitative estimate of drug-likeness (QED) is 0.187. The van der Waals surface area contributed by atoms with Crippen molar-refractivity contribution in [2.75, 3.05) is 13.7 Å². The summed E-state index contributed by atoms with van der Waals surface area (Å²) in [5.74, 6) is 1.92. The van der Waals surface area contributed by atoms with Gasteiger partial charge in [-0.05, 0) is 56.1 Å². The first-order valence-corrected chi connectivity index (χ1v) is 13.7. The lowest BCUT2D eigenvalue weighted by Gasteiger charge is -2.24. The smallest absolute Gasteiger partial charge is 0.140 e. The molecule has 1 heterocycles. The van der Waals surface area contributed by atoms with E-state index in [4.69, 9.17) is 9.72 Å². The van der Waals surface area contributed by atoms with Crippen molar-refractivity contribution < 1.29 is 4.74 Å². The molecule has 3 aromatic carbocycles. The molecule has 37 heavy (non-hydrogen) atoms. The van der Waals surface area contributed by atoms with Crippen molar-refractivity contribution >= 4 is 0 Å². The molecular weight excluding hydrogens is 454 g/mol. The van der Waals surface area contributed by atoms with Gasteiger partial charge >= 0.3 is 0 Å². The number of aromatic nitrogens is 2. The summed E-state index contributed by atoms with van der Waals surface area (Å²) in [4.78, 5) is 7.91. The highest BCUT2D eigenvalue weighted by Crippen LogP contribution is 2.32. The minimum atomic E-state index is 0.860. The number of benzene rings is 3. The maximum absolute atomic E-state index is 5.44. The second-order valence-corrected chi connectivity index (χ2v) is 9.88. The molecule has 0 saturated carbocycles. The van der Waals surface area contributed by atoms with Crippen LogP contribution in [0.4, 0.5) is 0 Å². The molecule has 4 rings (SSSR count). The molecule has 0 aliphatic carbocycles. The molecule has 0 spiro atoms. The molecule has 4 heteroatoms. The Morgan fingerprint density at radius 1 is 0.811 bits per heavy atom. The van der Waals surface area contributed by atoms with Crippen molar-refractivity contribution in [2.24, 2.45) is 0 Å². The Hall–Kier alpha value is -3.37. The molecule has 0 fully saturated rings. The van der Waals surface area contributed by atoms with Gasteiger partial charge in [-0.25, -0.2) is 4.98 Å². The minimum absolute atomic E-state index is 0.860. The van der Waals surface area contributed by atoms with Crippen LogP contribution in [0.5, 0.6) is 5.75 Å². The maximum atomic E-state index is 5.44. The van der Waals surface area contributed by atoms with Gasteiger partial charge in [0.2, 0.25) is 0 Å². The maximum Gasteiger partial charge on any atom is 0.140 e. The van der Waals surface area contributed by atoms with E-state index >= 15 is 0 Å². The Bertz CT molecular complexity index is 1240. The average molecular weight is 496 g/mol. The second-order valence-electron chi connectivity index (χ2n) is 9.88. The third-order valence-corrected chi connectivity index (χ3v) is 6.89. The second kappa shape index (κ2) is 13.3. The zero-order chi connectivity index (χ0) is 26.0. The highest BCUT2D eigenvalue weighted by Gasteiger charge is 2.22. The number of hydrogen-bond donors (Lipinski definition) is 0. The molecule has 0 bridgehead atoms. The van der Waals surface area contributed by atoms with Crippen molar-refractivity contribution in [3.05, 3.63) is 95.7 Å². The van der Waals surface area contributed by atoms with Gasteiger partial charge in [-0.2, -0.15) is 0 Å². The summed E-state index contributed by atoms with van der Waals surface area (Å²) in [7, 11) is 1.71. The zero-order valence-electron chi connectivity index (χ0n) is 22.9. The van der Waals surface area contributed by atoms with Crippen LogP contribution in [0.15, 0.2) is 78.9 Å². The predicted octanol–water partition coefficient (Wildman–Crippen LogP) is 8.14. The first kappa shape index (κ1) is 26.7. The first-order valence-electron chi connectivity index (χ1n) is 13.7. The fourth-order valence-corrected chi connectivity index (χ4v) is 4.87. The number of aryl methyl sites for hydroxylation is 1. The SMILES string of the molecule is CCCCN(Cc1cccc(C)c1)Cc1c(-c2ccc(OC)cc2)nc(-c2ccccc2)n1CCCC. The van der Waals surface area contributed by atoms with Crippen LogP contribution in [0, 0.1) is 6.92 Å². The zero-order valence-corrected chi connectivity index (χ0v) is 22.9. The van der Waals surface area contributed by atoms with E-state index in [0.29, 0.717) is 0 Å². The standard InChI is InChI=1S/C33H41N3O/c1-5-7-21-35(24-27-14-12-13-26(3)23-27)25-31-32(28-17-19-30(37-4)20-18-28)34-33(36(31)22-8-6-2)29-15-10-9-11-16-29/h9-20,23H,5-8,21-22,24-25H2,1-4H3. The number of hydrogen-bond acceptors (Lipinski definition) is 3. The first-order chi connectivity index (χ1) is 18.1. The highest BCUT2D eigenvalue weighted by molar-refractivity contribution is 5.69. The Balaban J connectivity index is 1.81. The van der Waals surface area contributed by atoms with E-state index in [-0.39, 0.29) is 0 Å². The van der Waals surface area contributed by atoms with E-state index in [9.17, 15) is 0 Å². The molecule has 0 aliphatic rings. The largest absolute Gasteiger partial charge is 0.497 e. The third kappa shape index (κ3) is 6.90. The Labute approximate surface area is 222 Å². The van der Waals surface area contributed by atoms with Gasteiger partial charge in [0.25, 0.3) is 0 Å². The van der Waals surface area contributed by atoms with Gasteiger partial charge in [-0.3, -0.25) is 4.90 Å². The molecule has 0 N–H and O–H groups in total. The van der Waals surface area contributed by atoms with Gasteiger partial charge < -0.3 is 9.30 Å². The lowest BCUT2D eigenvalue weighted by Crippen LogP contribution is -2.26. The van der Waals surface area contributed by atoms with Gasteiger partial charge in [0.05, 0.1) is 18.5 Å². The van der Waals surface area contributed by atoms with E-state index in [0.717, 1.165) is 61.9 Å². The molecular formula is C33H41N3O. The molecule has 4 nitrogen and oxygen atoms in total. The molecule has 194 valence electrons. The van der Waals surface area contributed by atoms with Gasteiger partial charge in [0.1, 0.15) is 11.6 Å².